The van der Waals surface area contributed by atoms with E-state index in [-0.39, 0.29) is 29.8 Å². The summed E-state index contributed by atoms with van der Waals surface area (Å²) in [7, 11) is 1.31. The van der Waals surface area contributed by atoms with Gasteiger partial charge in [-0.05, 0) is 18.2 Å². The lowest BCUT2D eigenvalue weighted by atomic mass is 10.1. The largest absolute Gasteiger partial charge is 0.465 e. The van der Waals surface area contributed by atoms with Crippen molar-refractivity contribution in [2.45, 2.75) is 0 Å². The summed E-state index contributed by atoms with van der Waals surface area (Å²) in [5, 5.41) is 3.05. The molecule has 0 spiro atoms. The second kappa shape index (κ2) is 10.7. The fraction of sp³-hybridized carbons (Fsp3) is 0.190. The molecule has 0 radical (unpaired) electrons. The summed E-state index contributed by atoms with van der Waals surface area (Å²) in [6, 6.07) is 13.5. The molecule has 31 heavy (non-hydrogen) atoms. The number of Topliss-reactive ketones (excluding diaryl/α,β-unsaturated/α-hetero) is 1. The lowest BCUT2D eigenvalue weighted by Crippen LogP contribution is -2.18. The number of carbonyl (C=O) groups excluding carboxylic acids is 4. The van der Waals surface area contributed by atoms with Crippen molar-refractivity contribution in [3.8, 4) is 0 Å². The second-order valence-corrected chi connectivity index (χ2v) is 8.20. The van der Waals surface area contributed by atoms with Crippen LogP contribution in [0, 0.1) is 0 Å². The minimum atomic E-state index is -0.572. The number of carbonyl (C=O) groups is 4. The lowest BCUT2D eigenvalue weighted by Gasteiger charge is -2.04. The van der Waals surface area contributed by atoms with Crippen LogP contribution in [0.5, 0.6) is 0 Å². The van der Waals surface area contributed by atoms with Gasteiger partial charge in [0.15, 0.2) is 17.5 Å². The number of hydrogen-bond donors (Lipinski definition) is 1. The maximum atomic E-state index is 12.1. The van der Waals surface area contributed by atoms with E-state index < -0.39 is 11.9 Å². The smallest absolute Gasteiger partial charge is 0.337 e. The highest BCUT2D eigenvalue weighted by atomic mass is 32.2. The van der Waals surface area contributed by atoms with E-state index in [1.807, 2.05) is 0 Å². The normalized spacial score (nSPS) is 10.5. The fourth-order valence-corrected chi connectivity index (χ4v) is 4.03. The molecule has 3 aromatic rings. The van der Waals surface area contributed by atoms with E-state index in [1.165, 1.54) is 18.4 Å². The van der Waals surface area contributed by atoms with Crippen LogP contribution in [-0.2, 0) is 19.1 Å². The van der Waals surface area contributed by atoms with Crippen molar-refractivity contribution < 1.29 is 28.7 Å². The molecular weight excluding hydrogens is 440 g/mol. The number of thioether (sulfide) groups is 1. The van der Waals surface area contributed by atoms with Gasteiger partial charge >= 0.3 is 11.9 Å². The van der Waals surface area contributed by atoms with Crippen LogP contribution >= 0.6 is 23.1 Å². The second-order valence-electron chi connectivity index (χ2n) is 6.18. The quantitative estimate of drug-likeness (QED) is 0.384. The fourth-order valence-electron chi connectivity index (χ4n) is 2.50. The molecule has 0 atom stereocenters. The highest BCUT2D eigenvalue weighted by Gasteiger charge is 2.13. The van der Waals surface area contributed by atoms with Gasteiger partial charge in [-0.1, -0.05) is 41.7 Å². The number of ether oxygens (including phenoxy) is 2. The lowest BCUT2D eigenvalue weighted by molar-refractivity contribution is -0.139. The number of aromatic nitrogens is 1. The molecule has 0 aliphatic carbocycles. The van der Waals surface area contributed by atoms with Crippen molar-refractivity contribution in [3.63, 3.8) is 0 Å². The molecule has 0 aliphatic rings. The third kappa shape index (κ3) is 6.37. The molecule has 1 aromatic heterocycles. The van der Waals surface area contributed by atoms with Gasteiger partial charge in [0.05, 0.1) is 34.4 Å². The number of thiazole rings is 1. The van der Waals surface area contributed by atoms with E-state index in [0.29, 0.717) is 21.8 Å². The standard InChI is InChI=1S/C21H18N2O6S2/c1-28-20(27)14-7-8-15-17(9-14)31-21(22-15)23-18(25)11-30-12-19(26)29-10-16(24)13-5-3-2-4-6-13/h2-9H,10-12H2,1H3,(H,22,23,25). The van der Waals surface area contributed by atoms with Crippen LogP contribution in [0.2, 0.25) is 0 Å². The van der Waals surface area contributed by atoms with Gasteiger partial charge in [-0.2, -0.15) is 0 Å². The molecular formula is C21H18N2O6S2. The number of fused-ring (bicyclic) bond motifs is 1. The molecule has 160 valence electrons. The molecule has 0 bridgehead atoms. The Balaban J connectivity index is 1.42. The first-order chi connectivity index (χ1) is 15.0. The van der Waals surface area contributed by atoms with Crippen molar-refractivity contribution in [3.05, 3.63) is 59.7 Å². The first-order valence-electron chi connectivity index (χ1n) is 9.06. The summed E-state index contributed by atoms with van der Waals surface area (Å²) in [5.41, 5.74) is 1.51. The number of benzene rings is 2. The topological polar surface area (TPSA) is 112 Å². The molecule has 1 N–H and O–H groups in total. The van der Waals surface area contributed by atoms with Crippen LogP contribution in [0.15, 0.2) is 48.5 Å². The highest BCUT2D eigenvalue weighted by molar-refractivity contribution is 8.00. The molecule has 8 nitrogen and oxygen atoms in total. The maximum Gasteiger partial charge on any atom is 0.337 e. The number of ketones is 1. The number of rotatable bonds is 9. The summed E-state index contributed by atoms with van der Waals surface area (Å²) < 4.78 is 10.4. The average Bonchev–Trinajstić information content (AvgIpc) is 3.18. The van der Waals surface area contributed by atoms with Crippen molar-refractivity contribution in [2.75, 3.05) is 30.5 Å². The zero-order valence-electron chi connectivity index (χ0n) is 16.5. The Hall–Kier alpha value is -3.24. The first-order valence-corrected chi connectivity index (χ1v) is 11.0. The van der Waals surface area contributed by atoms with Gasteiger partial charge < -0.3 is 14.8 Å². The number of nitrogens with zero attached hydrogens (tertiary/aromatic N) is 1. The number of esters is 2. The van der Waals surface area contributed by atoms with Crippen LogP contribution in [0.4, 0.5) is 5.13 Å². The zero-order valence-corrected chi connectivity index (χ0v) is 18.1. The molecule has 2 aromatic carbocycles. The van der Waals surface area contributed by atoms with E-state index in [9.17, 15) is 19.2 Å². The first kappa shape index (κ1) is 22.4. The van der Waals surface area contributed by atoms with Crippen LogP contribution in [0.1, 0.15) is 20.7 Å². The Bertz CT molecular complexity index is 1110. The minimum absolute atomic E-state index is 0.0189. The number of nitrogens with one attached hydrogen (secondary N) is 1. The summed E-state index contributed by atoms with van der Waals surface area (Å²) >= 11 is 2.30. The molecule has 1 heterocycles. The molecule has 0 saturated carbocycles. The van der Waals surface area contributed by atoms with Crippen molar-refractivity contribution >= 4 is 62.1 Å². The van der Waals surface area contributed by atoms with E-state index in [4.69, 9.17) is 4.74 Å². The monoisotopic (exact) mass is 458 g/mol. The summed E-state index contributed by atoms with van der Waals surface area (Å²) in [6.07, 6.45) is 0. The number of anilines is 1. The molecule has 0 saturated heterocycles. The molecule has 0 aliphatic heterocycles. The van der Waals surface area contributed by atoms with Crippen molar-refractivity contribution in [1.82, 2.24) is 4.98 Å². The number of methoxy groups -OCH3 is 1. The van der Waals surface area contributed by atoms with Crippen LogP contribution < -0.4 is 5.32 Å². The van der Waals surface area contributed by atoms with Gasteiger partial charge in [-0.25, -0.2) is 9.78 Å². The minimum Gasteiger partial charge on any atom is -0.465 e. The van der Waals surface area contributed by atoms with Crippen LogP contribution in [0.25, 0.3) is 10.2 Å². The Kier molecular flexibility index (Phi) is 7.74. The van der Waals surface area contributed by atoms with E-state index in [1.54, 1.807) is 48.5 Å². The molecule has 0 fully saturated rings. The maximum absolute atomic E-state index is 12.1. The van der Waals surface area contributed by atoms with Gasteiger partial charge in [0.2, 0.25) is 5.91 Å². The summed E-state index contributed by atoms with van der Waals surface area (Å²) in [5.74, 6) is -1.68. The molecule has 3 rings (SSSR count). The third-order valence-electron chi connectivity index (χ3n) is 3.97. The van der Waals surface area contributed by atoms with Crippen LogP contribution in [-0.4, -0.2) is 53.8 Å². The predicted molar refractivity (Wildman–Crippen MR) is 119 cm³/mol. The molecule has 10 heteroatoms. The average molecular weight is 459 g/mol. The van der Waals surface area contributed by atoms with Crippen LogP contribution in [0.3, 0.4) is 0 Å². The Morgan fingerprint density at radius 3 is 2.55 bits per heavy atom. The van der Waals surface area contributed by atoms with Gasteiger partial charge in [0, 0.05) is 5.56 Å². The predicted octanol–water partition coefficient (Wildman–Crippen LogP) is 3.18. The van der Waals surface area contributed by atoms with Gasteiger partial charge in [0.25, 0.3) is 0 Å². The highest BCUT2D eigenvalue weighted by Crippen LogP contribution is 2.27. The van der Waals surface area contributed by atoms with E-state index in [2.05, 4.69) is 15.0 Å². The van der Waals surface area contributed by atoms with Gasteiger partial charge in [-0.3, -0.25) is 14.4 Å². The number of hydrogen-bond acceptors (Lipinski definition) is 9. The zero-order chi connectivity index (χ0) is 22.2. The van der Waals surface area contributed by atoms with Gasteiger partial charge in [-0.15, -0.1) is 11.8 Å². The van der Waals surface area contributed by atoms with E-state index >= 15 is 0 Å². The Morgan fingerprint density at radius 1 is 1.03 bits per heavy atom. The number of amides is 1. The Morgan fingerprint density at radius 2 is 1.81 bits per heavy atom. The van der Waals surface area contributed by atoms with Gasteiger partial charge in [0.1, 0.15) is 0 Å². The SMILES string of the molecule is COC(=O)c1ccc2nc(NC(=O)CSCC(=O)OCC(=O)c3ccccc3)sc2c1. The third-order valence-corrected chi connectivity index (χ3v) is 5.81. The summed E-state index contributed by atoms with van der Waals surface area (Å²) in [4.78, 5) is 51.7. The van der Waals surface area contributed by atoms with Crippen molar-refractivity contribution in [2.24, 2.45) is 0 Å². The Labute approximate surface area is 185 Å². The molecule has 0 unspecified atom stereocenters. The summed E-state index contributed by atoms with van der Waals surface area (Å²) in [6.45, 7) is -0.338. The van der Waals surface area contributed by atoms with E-state index in [0.717, 1.165) is 16.5 Å². The van der Waals surface area contributed by atoms with Crippen molar-refractivity contribution in [1.29, 1.82) is 0 Å². The molecule has 1 amide bonds.